The van der Waals surface area contributed by atoms with Crippen LogP contribution in [0.25, 0.3) is 10.8 Å². The average Bonchev–Trinajstić information content (AvgIpc) is 3.28. The molecule has 4 rings (SSSR count). The third-order valence-corrected chi connectivity index (χ3v) is 6.05. The fourth-order valence-corrected chi connectivity index (χ4v) is 4.65. The van der Waals surface area contributed by atoms with Crippen LogP contribution in [0.2, 0.25) is 0 Å². The first kappa shape index (κ1) is 17.1. The van der Waals surface area contributed by atoms with Crippen LogP contribution in [0.3, 0.4) is 0 Å². The average molecular weight is 352 g/mol. The third kappa shape index (κ3) is 3.46. The zero-order valence-electron chi connectivity index (χ0n) is 15.1. The zero-order valence-corrected chi connectivity index (χ0v) is 15.1. The van der Waals surface area contributed by atoms with Crippen molar-refractivity contribution in [1.82, 2.24) is 0 Å². The van der Waals surface area contributed by atoms with Crippen LogP contribution in [-0.2, 0) is 9.53 Å². The molecule has 0 heterocycles. The van der Waals surface area contributed by atoms with Crippen LogP contribution in [-0.4, -0.2) is 25.5 Å². The van der Waals surface area contributed by atoms with Crippen molar-refractivity contribution in [3.8, 4) is 5.75 Å². The SMILES string of the molecule is COc1ccc2cc(C(=O)COC(=O)CC3CC4CCC3C4)ccc2c1. The summed E-state index contributed by atoms with van der Waals surface area (Å²) < 4.78 is 10.5. The molecule has 0 saturated heterocycles. The fraction of sp³-hybridized carbons (Fsp3) is 0.455. The maximum atomic E-state index is 12.4. The van der Waals surface area contributed by atoms with E-state index in [1.807, 2.05) is 30.3 Å². The maximum Gasteiger partial charge on any atom is 0.306 e. The molecule has 0 radical (unpaired) electrons. The Morgan fingerprint density at radius 3 is 2.58 bits per heavy atom. The van der Waals surface area contributed by atoms with E-state index >= 15 is 0 Å². The molecule has 0 spiro atoms. The van der Waals surface area contributed by atoms with Gasteiger partial charge in [0, 0.05) is 12.0 Å². The second-order valence-corrected chi connectivity index (χ2v) is 7.65. The van der Waals surface area contributed by atoms with E-state index in [-0.39, 0.29) is 18.4 Å². The van der Waals surface area contributed by atoms with Crippen molar-refractivity contribution in [3.05, 3.63) is 42.0 Å². The number of carbonyl (C=O) groups is 2. The van der Waals surface area contributed by atoms with Crippen molar-refractivity contribution >= 4 is 22.5 Å². The predicted molar refractivity (Wildman–Crippen MR) is 99.3 cm³/mol. The minimum Gasteiger partial charge on any atom is -0.497 e. The third-order valence-electron chi connectivity index (χ3n) is 6.05. The number of Topliss-reactive ketones (excluding diaryl/α,β-unsaturated/α-hetero) is 1. The monoisotopic (exact) mass is 352 g/mol. The molecule has 2 bridgehead atoms. The number of fused-ring (bicyclic) bond motifs is 3. The van der Waals surface area contributed by atoms with Gasteiger partial charge in [-0.2, -0.15) is 0 Å². The van der Waals surface area contributed by atoms with Crippen molar-refractivity contribution < 1.29 is 19.1 Å². The topological polar surface area (TPSA) is 52.6 Å². The molecule has 4 heteroatoms. The number of ketones is 1. The van der Waals surface area contributed by atoms with Gasteiger partial charge in [-0.1, -0.05) is 24.6 Å². The van der Waals surface area contributed by atoms with E-state index in [1.165, 1.54) is 19.3 Å². The second kappa shape index (κ2) is 7.10. The first-order valence-corrected chi connectivity index (χ1v) is 9.39. The van der Waals surface area contributed by atoms with Gasteiger partial charge in [-0.3, -0.25) is 9.59 Å². The van der Waals surface area contributed by atoms with Crippen molar-refractivity contribution in [2.75, 3.05) is 13.7 Å². The summed E-state index contributed by atoms with van der Waals surface area (Å²) >= 11 is 0. The lowest BCUT2D eigenvalue weighted by atomic mass is 9.86. The number of benzene rings is 2. The van der Waals surface area contributed by atoms with E-state index in [4.69, 9.17) is 9.47 Å². The summed E-state index contributed by atoms with van der Waals surface area (Å²) in [5.74, 6) is 2.36. The van der Waals surface area contributed by atoms with Gasteiger partial charge in [0.15, 0.2) is 12.4 Å². The molecule has 0 aliphatic heterocycles. The van der Waals surface area contributed by atoms with Crippen LogP contribution in [0.15, 0.2) is 36.4 Å². The highest BCUT2D eigenvalue weighted by Gasteiger charge is 2.40. The molecule has 2 aromatic carbocycles. The molecule has 2 fully saturated rings. The number of esters is 1. The standard InChI is InChI=1S/C22H24O4/c1-25-20-7-6-16-10-18(5-4-17(16)11-20)21(23)13-26-22(24)12-19-9-14-2-3-15(19)8-14/h4-7,10-11,14-15,19H,2-3,8-9,12-13H2,1H3. The lowest BCUT2D eigenvalue weighted by molar-refractivity contribution is -0.144. The Kier molecular flexibility index (Phi) is 4.66. The molecule has 136 valence electrons. The van der Waals surface area contributed by atoms with Gasteiger partial charge in [0.25, 0.3) is 0 Å². The fourth-order valence-electron chi connectivity index (χ4n) is 4.65. The quantitative estimate of drug-likeness (QED) is 0.571. The smallest absolute Gasteiger partial charge is 0.306 e. The highest BCUT2D eigenvalue weighted by molar-refractivity contribution is 6.01. The first-order chi connectivity index (χ1) is 12.6. The Hall–Kier alpha value is -2.36. The number of hydrogen-bond donors (Lipinski definition) is 0. The van der Waals surface area contributed by atoms with E-state index in [2.05, 4.69) is 0 Å². The summed E-state index contributed by atoms with van der Waals surface area (Å²) in [4.78, 5) is 24.5. The van der Waals surface area contributed by atoms with Gasteiger partial charge < -0.3 is 9.47 Å². The number of carbonyl (C=O) groups excluding carboxylic acids is 2. The largest absolute Gasteiger partial charge is 0.497 e. The molecule has 2 aromatic rings. The van der Waals surface area contributed by atoms with Gasteiger partial charge in [-0.05, 0) is 66.0 Å². The Labute approximate surface area is 153 Å². The van der Waals surface area contributed by atoms with Gasteiger partial charge in [0.05, 0.1) is 7.11 Å². The highest BCUT2D eigenvalue weighted by atomic mass is 16.5. The van der Waals surface area contributed by atoms with Crippen molar-refractivity contribution in [1.29, 1.82) is 0 Å². The van der Waals surface area contributed by atoms with Crippen molar-refractivity contribution in [2.45, 2.75) is 32.1 Å². The van der Waals surface area contributed by atoms with Gasteiger partial charge in [0.1, 0.15) is 5.75 Å². The summed E-state index contributed by atoms with van der Waals surface area (Å²) in [5, 5.41) is 1.97. The Bertz CT molecular complexity index is 841. The lowest BCUT2D eigenvalue weighted by Crippen LogP contribution is -2.19. The maximum absolute atomic E-state index is 12.4. The summed E-state index contributed by atoms with van der Waals surface area (Å²) in [6.45, 7) is -0.179. The van der Waals surface area contributed by atoms with Gasteiger partial charge in [0.2, 0.25) is 0 Å². The molecule has 2 saturated carbocycles. The van der Waals surface area contributed by atoms with Crippen LogP contribution in [0, 0.1) is 17.8 Å². The molecular weight excluding hydrogens is 328 g/mol. The van der Waals surface area contributed by atoms with Crippen molar-refractivity contribution in [3.63, 3.8) is 0 Å². The highest BCUT2D eigenvalue weighted by Crippen LogP contribution is 2.49. The number of rotatable bonds is 6. The van der Waals surface area contributed by atoms with Gasteiger partial charge in [-0.15, -0.1) is 0 Å². The van der Waals surface area contributed by atoms with E-state index < -0.39 is 0 Å². The minimum absolute atomic E-state index is 0.163. The first-order valence-electron chi connectivity index (χ1n) is 9.39. The van der Waals surface area contributed by atoms with E-state index in [0.29, 0.717) is 23.8 Å². The number of methoxy groups -OCH3 is 1. The molecular formula is C22H24O4. The predicted octanol–water partition coefficient (Wildman–Crippen LogP) is 4.40. The zero-order chi connectivity index (χ0) is 18.1. The van der Waals surface area contributed by atoms with Crippen LogP contribution >= 0.6 is 0 Å². The normalized spacial score (nSPS) is 24.0. The number of hydrogen-bond acceptors (Lipinski definition) is 4. The van der Waals surface area contributed by atoms with Crippen LogP contribution in [0.4, 0.5) is 0 Å². The molecule has 4 nitrogen and oxygen atoms in total. The van der Waals surface area contributed by atoms with Crippen molar-refractivity contribution in [2.24, 2.45) is 17.8 Å². The Balaban J connectivity index is 1.34. The summed E-state index contributed by atoms with van der Waals surface area (Å²) in [5.41, 5.74) is 0.565. The number of ether oxygens (including phenoxy) is 2. The Morgan fingerprint density at radius 1 is 1.04 bits per heavy atom. The van der Waals surface area contributed by atoms with E-state index in [9.17, 15) is 9.59 Å². The summed E-state index contributed by atoms with van der Waals surface area (Å²) in [7, 11) is 1.63. The van der Waals surface area contributed by atoms with Gasteiger partial charge in [-0.25, -0.2) is 0 Å². The molecule has 0 N–H and O–H groups in total. The minimum atomic E-state index is -0.235. The van der Waals surface area contributed by atoms with Crippen LogP contribution < -0.4 is 4.74 Å². The van der Waals surface area contributed by atoms with Crippen LogP contribution in [0.5, 0.6) is 5.75 Å². The molecule has 2 aliphatic carbocycles. The molecule has 3 atom stereocenters. The summed E-state index contributed by atoms with van der Waals surface area (Å²) in [6.07, 6.45) is 5.47. The molecule has 2 aliphatic rings. The lowest BCUT2D eigenvalue weighted by Gasteiger charge is -2.20. The second-order valence-electron chi connectivity index (χ2n) is 7.65. The molecule has 26 heavy (non-hydrogen) atoms. The van der Waals surface area contributed by atoms with Gasteiger partial charge >= 0.3 is 5.97 Å². The van der Waals surface area contributed by atoms with E-state index in [0.717, 1.165) is 28.9 Å². The molecule has 0 aromatic heterocycles. The molecule has 0 amide bonds. The molecule has 3 unspecified atom stereocenters. The Morgan fingerprint density at radius 2 is 1.85 bits per heavy atom. The summed E-state index contributed by atoms with van der Waals surface area (Å²) in [6, 6.07) is 11.2. The van der Waals surface area contributed by atoms with E-state index in [1.54, 1.807) is 13.2 Å². The van der Waals surface area contributed by atoms with Crippen LogP contribution in [0.1, 0.15) is 42.5 Å².